The van der Waals surface area contributed by atoms with Crippen molar-refractivity contribution in [3.05, 3.63) is 17.8 Å². The lowest BCUT2D eigenvalue weighted by Gasteiger charge is -2.15. The van der Waals surface area contributed by atoms with Crippen molar-refractivity contribution >= 4 is 23.4 Å². The van der Waals surface area contributed by atoms with Gasteiger partial charge in [0.25, 0.3) is 0 Å². The summed E-state index contributed by atoms with van der Waals surface area (Å²) in [6.07, 6.45) is 1.03. The van der Waals surface area contributed by atoms with Crippen LogP contribution in [0.2, 0.25) is 0 Å². The molecule has 2 unspecified atom stereocenters. The summed E-state index contributed by atoms with van der Waals surface area (Å²) in [4.78, 5) is 15.8. The third-order valence-electron chi connectivity index (χ3n) is 2.43. The monoisotopic (exact) mass is 270 g/mol. The SMILES string of the molecule is CCOC(=O)c1ccnc(SC(C)C(C)O)c1N. The van der Waals surface area contributed by atoms with Crippen molar-refractivity contribution in [3.63, 3.8) is 0 Å². The number of ether oxygens (including phenoxy) is 1. The first kappa shape index (κ1) is 14.8. The summed E-state index contributed by atoms with van der Waals surface area (Å²) in [5.41, 5.74) is 6.51. The zero-order valence-corrected chi connectivity index (χ0v) is 11.5. The minimum absolute atomic E-state index is 0.0581. The summed E-state index contributed by atoms with van der Waals surface area (Å²) in [5, 5.41) is 9.93. The summed E-state index contributed by atoms with van der Waals surface area (Å²) < 4.78 is 4.91. The van der Waals surface area contributed by atoms with Crippen LogP contribution in [0.15, 0.2) is 17.3 Å². The van der Waals surface area contributed by atoms with E-state index in [1.54, 1.807) is 13.8 Å². The molecule has 0 aliphatic rings. The Hall–Kier alpha value is -1.27. The number of nitrogens with zero attached hydrogens (tertiary/aromatic N) is 1. The highest BCUT2D eigenvalue weighted by Gasteiger charge is 2.18. The van der Waals surface area contributed by atoms with Crippen LogP contribution in [0.5, 0.6) is 0 Å². The molecule has 0 fully saturated rings. The molecule has 3 N–H and O–H groups in total. The fourth-order valence-electron chi connectivity index (χ4n) is 1.21. The molecule has 0 spiro atoms. The lowest BCUT2D eigenvalue weighted by molar-refractivity contribution is 0.0527. The van der Waals surface area contributed by atoms with Gasteiger partial charge in [-0.2, -0.15) is 0 Å². The molecule has 0 saturated heterocycles. The number of hydrogen-bond acceptors (Lipinski definition) is 6. The Kier molecular flexibility index (Phi) is 5.43. The highest BCUT2D eigenvalue weighted by Crippen LogP contribution is 2.30. The van der Waals surface area contributed by atoms with Crippen molar-refractivity contribution in [2.24, 2.45) is 0 Å². The van der Waals surface area contributed by atoms with Gasteiger partial charge in [-0.25, -0.2) is 9.78 Å². The van der Waals surface area contributed by atoms with Crippen molar-refractivity contribution in [2.45, 2.75) is 37.2 Å². The topological polar surface area (TPSA) is 85.4 Å². The Bertz CT molecular complexity index is 424. The van der Waals surface area contributed by atoms with E-state index in [1.807, 2.05) is 6.92 Å². The van der Waals surface area contributed by atoms with E-state index in [0.29, 0.717) is 22.9 Å². The maximum Gasteiger partial charge on any atom is 0.340 e. The molecule has 5 nitrogen and oxygen atoms in total. The van der Waals surface area contributed by atoms with Crippen molar-refractivity contribution in [2.75, 3.05) is 12.3 Å². The van der Waals surface area contributed by atoms with E-state index in [9.17, 15) is 9.90 Å². The number of carbonyl (C=O) groups excluding carboxylic acids is 1. The molecule has 1 rings (SSSR count). The summed E-state index contributed by atoms with van der Waals surface area (Å²) >= 11 is 1.33. The van der Waals surface area contributed by atoms with Crippen LogP contribution in [-0.2, 0) is 4.74 Å². The number of aliphatic hydroxyl groups is 1. The van der Waals surface area contributed by atoms with Gasteiger partial charge in [-0.3, -0.25) is 0 Å². The number of thioether (sulfide) groups is 1. The summed E-state index contributed by atoms with van der Waals surface area (Å²) in [6.45, 7) is 5.60. The van der Waals surface area contributed by atoms with Gasteiger partial charge in [-0.1, -0.05) is 18.7 Å². The van der Waals surface area contributed by atoms with Crippen LogP contribution in [0.3, 0.4) is 0 Å². The molecule has 100 valence electrons. The molecule has 0 bridgehead atoms. The zero-order valence-electron chi connectivity index (χ0n) is 10.7. The maximum atomic E-state index is 11.6. The lowest BCUT2D eigenvalue weighted by atomic mass is 10.2. The van der Waals surface area contributed by atoms with Crippen LogP contribution in [0.1, 0.15) is 31.1 Å². The Balaban J connectivity index is 2.95. The molecular weight excluding hydrogens is 252 g/mol. The first-order valence-corrected chi connectivity index (χ1v) is 6.61. The summed E-state index contributed by atoms with van der Waals surface area (Å²) in [5.74, 6) is -0.455. The van der Waals surface area contributed by atoms with Gasteiger partial charge >= 0.3 is 5.97 Å². The Labute approximate surface area is 111 Å². The van der Waals surface area contributed by atoms with Gasteiger partial charge in [0, 0.05) is 11.4 Å². The van der Waals surface area contributed by atoms with Crippen LogP contribution in [0.4, 0.5) is 5.69 Å². The standard InChI is InChI=1S/C12H18N2O3S/c1-4-17-12(16)9-5-6-14-11(10(9)13)18-8(3)7(2)15/h5-8,15H,4,13H2,1-3H3. The molecule has 0 saturated carbocycles. The number of pyridine rings is 1. The number of nitrogen functional groups attached to an aromatic ring is 1. The van der Waals surface area contributed by atoms with Crippen LogP contribution in [0, 0.1) is 0 Å². The molecular formula is C12H18N2O3S. The van der Waals surface area contributed by atoms with Crippen LogP contribution in [-0.4, -0.2) is 34.0 Å². The predicted octanol–water partition coefficient (Wildman–Crippen LogP) is 1.70. The molecule has 0 amide bonds. The number of carbonyl (C=O) groups is 1. The number of aliphatic hydroxyl groups excluding tert-OH is 1. The van der Waals surface area contributed by atoms with Gasteiger partial charge in [0.05, 0.1) is 24.0 Å². The average Bonchev–Trinajstić information content (AvgIpc) is 2.31. The molecule has 1 aromatic heterocycles. The third kappa shape index (κ3) is 3.61. The maximum absolute atomic E-state index is 11.6. The van der Waals surface area contributed by atoms with E-state index in [0.717, 1.165) is 0 Å². The molecule has 0 aromatic carbocycles. The second kappa shape index (κ2) is 6.61. The van der Waals surface area contributed by atoms with Crippen LogP contribution >= 0.6 is 11.8 Å². The van der Waals surface area contributed by atoms with Crippen LogP contribution in [0.25, 0.3) is 0 Å². The van der Waals surface area contributed by atoms with E-state index in [-0.39, 0.29) is 5.25 Å². The van der Waals surface area contributed by atoms with E-state index in [1.165, 1.54) is 24.0 Å². The molecule has 6 heteroatoms. The van der Waals surface area contributed by atoms with Crippen molar-refractivity contribution in [1.82, 2.24) is 4.98 Å². The van der Waals surface area contributed by atoms with Gasteiger partial charge in [0.1, 0.15) is 5.03 Å². The van der Waals surface area contributed by atoms with Gasteiger partial charge in [-0.05, 0) is 19.9 Å². The lowest BCUT2D eigenvalue weighted by Crippen LogP contribution is -2.16. The fraction of sp³-hybridized carbons (Fsp3) is 0.500. The van der Waals surface area contributed by atoms with Crippen molar-refractivity contribution in [1.29, 1.82) is 0 Å². The van der Waals surface area contributed by atoms with Crippen molar-refractivity contribution in [3.8, 4) is 0 Å². The minimum atomic E-state index is -0.484. The molecule has 18 heavy (non-hydrogen) atoms. The van der Waals surface area contributed by atoms with Crippen LogP contribution < -0.4 is 5.73 Å². The summed E-state index contributed by atoms with van der Waals surface area (Å²) in [6, 6.07) is 1.53. The molecule has 1 aromatic rings. The second-order valence-electron chi connectivity index (χ2n) is 3.86. The number of hydrogen-bond donors (Lipinski definition) is 2. The normalized spacial score (nSPS) is 14.0. The largest absolute Gasteiger partial charge is 0.462 e. The zero-order chi connectivity index (χ0) is 13.7. The van der Waals surface area contributed by atoms with E-state index >= 15 is 0 Å². The van der Waals surface area contributed by atoms with E-state index in [4.69, 9.17) is 10.5 Å². The molecule has 0 aliphatic heterocycles. The van der Waals surface area contributed by atoms with Gasteiger partial charge < -0.3 is 15.6 Å². The third-order valence-corrected chi connectivity index (χ3v) is 3.74. The number of rotatable bonds is 5. The first-order valence-electron chi connectivity index (χ1n) is 5.73. The molecule has 0 radical (unpaired) electrons. The first-order chi connectivity index (χ1) is 8.47. The van der Waals surface area contributed by atoms with Crippen molar-refractivity contribution < 1.29 is 14.6 Å². The highest BCUT2D eigenvalue weighted by molar-refractivity contribution is 8.00. The quantitative estimate of drug-likeness (QED) is 0.625. The second-order valence-corrected chi connectivity index (χ2v) is 5.23. The Morgan fingerprint density at radius 2 is 2.28 bits per heavy atom. The fourth-order valence-corrected chi connectivity index (χ4v) is 2.12. The van der Waals surface area contributed by atoms with E-state index in [2.05, 4.69) is 4.98 Å². The van der Waals surface area contributed by atoms with Gasteiger partial charge in [0.2, 0.25) is 0 Å². The van der Waals surface area contributed by atoms with Gasteiger partial charge in [0.15, 0.2) is 0 Å². The number of aromatic nitrogens is 1. The number of esters is 1. The number of anilines is 1. The summed E-state index contributed by atoms with van der Waals surface area (Å²) in [7, 11) is 0. The molecule has 1 heterocycles. The minimum Gasteiger partial charge on any atom is -0.462 e. The predicted molar refractivity (Wildman–Crippen MR) is 71.6 cm³/mol. The van der Waals surface area contributed by atoms with Gasteiger partial charge in [-0.15, -0.1) is 0 Å². The Morgan fingerprint density at radius 1 is 1.61 bits per heavy atom. The smallest absolute Gasteiger partial charge is 0.340 e. The average molecular weight is 270 g/mol. The Morgan fingerprint density at radius 3 is 2.83 bits per heavy atom. The highest BCUT2D eigenvalue weighted by atomic mass is 32.2. The molecule has 0 aliphatic carbocycles. The molecule has 2 atom stereocenters. The van der Waals surface area contributed by atoms with E-state index < -0.39 is 12.1 Å². The number of nitrogens with two attached hydrogens (primary N) is 1.